The fraction of sp³-hybridized carbons (Fsp3) is 0.500. The van der Waals surface area contributed by atoms with E-state index < -0.39 is 45.2 Å². The van der Waals surface area contributed by atoms with Crippen LogP contribution < -0.4 is 4.74 Å². The first-order chi connectivity index (χ1) is 16.9. The zero-order valence-corrected chi connectivity index (χ0v) is 24.2. The van der Waals surface area contributed by atoms with Crippen molar-refractivity contribution in [3.63, 3.8) is 0 Å². The standard InChI is InChI=1S/C24H22Br2Cl2N2O6/c1-4-30-19(32)10-6-5-9-12(14(10)20(30)33)8-23(27)21(34)29(2)22(35)24(23,28)15(9)11-7-13(36-3)18(31)17(26)16(11)25/h5,7,10,12,14-15,31H,4,6,8H2,1-3H3. The van der Waals surface area contributed by atoms with Crippen LogP contribution in [0.4, 0.5) is 0 Å². The molecule has 5 rings (SSSR count). The predicted molar refractivity (Wildman–Crippen MR) is 138 cm³/mol. The average Bonchev–Trinajstić information content (AvgIpc) is 3.18. The number of likely N-dealkylation sites (tertiary alicyclic amines) is 2. The quantitative estimate of drug-likeness (QED) is 0.299. The number of carbonyl (C=O) groups is 4. The van der Waals surface area contributed by atoms with Gasteiger partial charge in [-0.1, -0.05) is 11.6 Å². The summed E-state index contributed by atoms with van der Waals surface area (Å²) in [5.74, 6) is -4.75. The Kier molecular flexibility index (Phi) is 6.10. The number of benzene rings is 1. The summed E-state index contributed by atoms with van der Waals surface area (Å²) in [5.41, 5.74) is 1.12. The van der Waals surface area contributed by atoms with E-state index in [1.165, 1.54) is 19.1 Å². The van der Waals surface area contributed by atoms with Crippen molar-refractivity contribution >= 4 is 78.7 Å². The molecule has 4 aliphatic rings. The molecule has 6 unspecified atom stereocenters. The van der Waals surface area contributed by atoms with Crippen molar-refractivity contribution in [2.75, 3.05) is 20.7 Å². The number of alkyl halides is 2. The van der Waals surface area contributed by atoms with Gasteiger partial charge in [-0.05, 0) is 69.2 Å². The molecule has 12 heteroatoms. The monoisotopic (exact) mass is 662 g/mol. The van der Waals surface area contributed by atoms with E-state index in [-0.39, 0.29) is 40.8 Å². The highest BCUT2D eigenvalue weighted by atomic mass is 79.9. The third-order valence-corrected chi connectivity index (χ3v) is 11.7. The van der Waals surface area contributed by atoms with E-state index in [2.05, 4.69) is 31.9 Å². The van der Waals surface area contributed by atoms with Gasteiger partial charge in [0, 0.05) is 24.0 Å². The van der Waals surface area contributed by atoms with Crippen molar-refractivity contribution in [2.24, 2.45) is 17.8 Å². The number of ether oxygens (including phenoxy) is 1. The Hall–Kier alpha value is -1.62. The highest BCUT2D eigenvalue weighted by molar-refractivity contribution is 9.13. The molecule has 0 aromatic heterocycles. The fourth-order valence-electron chi connectivity index (χ4n) is 6.44. The topological polar surface area (TPSA) is 104 Å². The van der Waals surface area contributed by atoms with E-state index in [9.17, 15) is 24.3 Å². The summed E-state index contributed by atoms with van der Waals surface area (Å²) in [7, 11) is 2.72. The molecule has 4 amide bonds. The molecule has 36 heavy (non-hydrogen) atoms. The summed E-state index contributed by atoms with van der Waals surface area (Å²) in [5, 5.41) is 10.5. The molecule has 0 bridgehead atoms. The van der Waals surface area contributed by atoms with Crippen molar-refractivity contribution in [3.8, 4) is 11.5 Å². The number of allylic oxidation sites excluding steroid dienone is 2. The summed E-state index contributed by atoms with van der Waals surface area (Å²) in [4.78, 5) is 51.8. The number of imide groups is 2. The number of amides is 4. The maximum Gasteiger partial charge on any atom is 0.253 e. The number of halogens is 4. The van der Waals surface area contributed by atoms with Crippen LogP contribution in [0.3, 0.4) is 0 Å². The van der Waals surface area contributed by atoms with Crippen LogP contribution in [-0.2, 0) is 19.2 Å². The largest absolute Gasteiger partial charge is 0.503 e. The number of nitrogens with zero attached hydrogens (tertiary/aromatic N) is 2. The zero-order valence-electron chi connectivity index (χ0n) is 19.5. The number of carbonyl (C=O) groups excluding carboxylic acids is 4. The van der Waals surface area contributed by atoms with E-state index >= 15 is 0 Å². The summed E-state index contributed by atoms with van der Waals surface area (Å²) in [6, 6.07) is 1.54. The van der Waals surface area contributed by atoms with Gasteiger partial charge in [-0.2, -0.15) is 0 Å². The lowest BCUT2D eigenvalue weighted by Crippen LogP contribution is -2.60. The average molecular weight is 665 g/mol. The second-order valence-electron chi connectivity index (χ2n) is 9.56. The summed E-state index contributed by atoms with van der Waals surface area (Å²) >= 11 is 21.1. The van der Waals surface area contributed by atoms with Gasteiger partial charge in [-0.25, -0.2) is 0 Å². The van der Waals surface area contributed by atoms with E-state index in [1.807, 2.05) is 6.08 Å². The Morgan fingerprint density at radius 1 is 1.11 bits per heavy atom. The maximum atomic E-state index is 13.6. The predicted octanol–water partition coefficient (Wildman–Crippen LogP) is 3.93. The summed E-state index contributed by atoms with van der Waals surface area (Å²) < 4.78 is 6.01. The van der Waals surface area contributed by atoms with Gasteiger partial charge < -0.3 is 9.84 Å². The molecule has 0 radical (unpaired) electrons. The Bertz CT molecular complexity index is 1290. The van der Waals surface area contributed by atoms with E-state index in [1.54, 1.807) is 13.0 Å². The third-order valence-electron chi connectivity index (χ3n) is 8.13. The molecule has 2 aliphatic heterocycles. The van der Waals surface area contributed by atoms with Gasteiger partial charge in [0.15, 0.2) is 21.2 Å². The summed E-state index contributed by atoms with van der Waals surface area (Å²) in [6.07, 6.45) is 2.08. The van der Waals surface area contributed by atoms with Crippen molar-refractivity contribution in [3.05, 3.63) is 32.2 Å². The van der Waals surface area contributed by atoms with Gasteiger partial charge in [0.25, 0.3) is 11.8 Å². The second kappa shape index (κ2) is 8.44. The number of phenolic OH excluding ortho intramolecular Hbond substituents is 1. The van der Waals surface area contributed by atoms with Crippen LogP contribution >= 0.6 is 55.1 Å². The number of rotatable bonds is 3. The van der Waals surface area contributed by atoms with Crippen molar-refractivity contribution in [1.82, 2.24) is 9.80 Å². The highest BCUT2D eigenvalue weighted by Crippen LogP contribution is 2.66. The lowest BCUT2D eigenvalue weighted by molar-refractivity contribution is -0.141. The van der Waals surface area contributed by atoms with Crippen molar-refractivity contribution < 1.29 is 29.0 Å². The molecule has 192 valence electrons. The minimum atomic E-state index is -1.92. The van der Waals surface area contributed by atoms with Gasteiger partial charge in [0.2, 0.25) is 11.8 Å². The van der Waals surface area contributed by atoms with Crippen LogP contribution in [0, 0.1) is 17.8 Å². The van der Waals surface area contributed by atoms with Crippen molar-refractivity contribution in [1.29, 1.82) is 0 Å². The minimum Gasteiger partial charge on any atom is -0.503 e. The molecule has 2 heterocycles. The van der Waals surface area contributed by atoms with E-state index in [0.29, 0.717) is 22.0 Å². The SMILES string of the molecule is CCN1C(=O)C2CC=C3C(CC4(Cl)C(=O)N(C)C(=O)C4(Cl)C3c3cc(OC)c(O)c(Br)c3Br)C2C1=O. The Labute approximate surface area is 234 Å². The number of phenols is 1. The van der Waals surface area contributed by atoms with Crippen LogP contribution in [-0.4, -0.2) is 69.0 Å². The molecule has 1 aromatic carbocycles. The molecular weight excluding hydrogens is 643 g/mol. The fourth-order valence-corrected chi connectivity index (χ4v) is 8.41. The number of hydrogen-bond acceptors (Lipinski definition) is 6. The molecular formula is C24H22Br2Cl2N2O6. The minimum absolute atomic E-state index is 0.0684. The lowest BCUT2D eigenvalue weighted by Gasteiger charge is -2.51. The maximum absolute atomic E-state index is 13.6. The van der Waals surface area contributed by atoms with Crippen molar-refractivity contribution in [2.45, 2.75) is 35.4 Å². The van der Waals surface area contributed by atoms with E-state index in [0.717, 1.165) is 4.90 Å². The zero-order chi connectivity index (χ0) is 26.5. The molecule has 1 saturated carbocycles. The van der Waals surface area contributed by atoms with Gasteiger partial charge in [-0.15, -0.1) is 23.2 Å². The highest BCUT2D eigenvalue weighted by Gasteiger charge is 2.76. The Morgan fingerprint density at radius 3 is 2.39 bits per heavy atom. The Morgan fingerprint density at radius 2 is 1.78 bits per heavy atom. The number of methoxy groups -OCH3 is 1. The van der Waals surface area contributed by atoms with Gasteiger partial charge >= 0.3 is 0 Å². The van der Waals surface area contributed by atoms with Gasteiger partial charge in [0.1, 0.15) is 0 Å². The number of hydrogen-bond donors (Lipinski definition) is 1. The van der Waals surface area contributed by atoms with Crippen LogP contribution in [0.1, 0.15) is 31.2 Å². The molecule has 1 aromatic rings. The first-order valence-corrected chi connectivity index (χ1v) is 13.7. The molecule has 3 fully saturated rings. The van der Waals surface area contributed by atoms with Gasteiger partial charge in [0.05, 0.1) is 23.4 Å². The number of fused-ring (bicyclic) bond motifs is 4. The van der Waals surface area contributed by atoms with Crippen LogP contribution in [0.15, 0.2) is 26.7 Å². The molecule has 6 atom stereocenters. The molecule has 2 saturated heterocycles. The smallest absolute Gasteiger partial charge is 0.253 e. The third kappa shape index (κ3) is 2.98. The van der Waals surface area contributed by atoms with Crippen LogP contribution in [0.25, 0.3) is 0 Å². The molecule has 0 spiro atoms. The molecule has 2 aliphatic carbocycles. The van der Waals surface area contributed by atoms with Crippen LogP contribution in [0.5, 0.6) is 11.5 Å². The van der Waals surface area contributed by atoms with Crippen LogP contribution in [0.2, 0.25) is 0 Å². The first-order valence-electron chi connectivity index (χ1n) is 11.4. The first kappa shape index (κ1) is 26.0. The normalized spacial score (nSPS) is 35.6. The molecule has 1 N–H and O–H groups in total. The second-order valence-corrected chi connectivity index (χ2v) is 12.4. The van der Waals surface area contributed by atoms with Gasteiger partial charge in [-0.3, -0.25) is 29.0 Å². The molecule has 8 nitrogen and oxygen atoms in total. The van der Waals surface area contributed by atoms with E-state index in [4.69, 9.17) is 27.9 Å². The summed E-state index contributed by atoms with van der Waals surface area (Å²) in [6.45, 7) is 1.98. The number of aromatic hydroxyl groups is 1. The lowest BCUT2D eigenvalue weighted by atomic mass is 9.56. The Balaban J connectivity index is 1.80.